The van der Waals surface area contributed by atoms with E-state index in [0.717, 1.165) is 30.1 Å². The van der Waals surface area contributed by atoms with Crippen LogP contribution in [0.5, 0.6) is 11.5 Å². The zero-order valence-electron chi connectivity index (χ0n) is 16.5. The maximum atomic E-state index is 13.2. The fourth-order valence-electron chi connectivity index (χ4n) is 3.45. The third-order valence-corrected chi connectivity index (χ3v) is 5.00. The van der Waals surface area contributed by atoms with Crippen LogP contribution in [0.4, 0.5) is 5.69 Å². The van der Waals surface area contributed by atoms with Crippen LogP contribution >= 0.6 is 0 Å². The van der Waals surface area contributed by atoms with E-state index in [-0.39, 0.29) is 5.91 Å². The monoisotopic (exact) mass is 394 g/mol. The van der Waals surface area contributed by atoms with Gasteiger partial charge in [-0.25, -0.2) is 0 Å². The van der Waals surface area contributed by atoms with Crippen LogP contribution in [0, 0.1) is 0 Å². The lowest BCUT2D eigenvalue weighted by molar-refractivity contribution is -0.120. The van der Waals surface area contributed by atoms with Gasteiger partial charge < -0.3 is 19.1 Å². The average molecular weight is 394 g/mol. The number of nitrogens with zero attached hydrogens (tertiary/aromatic N) is 2. The average Bonchev–Trinajstić information content (AvgIpc) is 2.78. The van der Waals surface area contributed by atoms with Crippen LogP contribution in [0.1, 0.15) is 5.56 Å². The van der Waals surface area contributed by atoms with Gasteiger partial charge in [-0.15, -0.1) is 0 Å². The molecule has 1 amide bonds. The Morgan fingerprint density at radius 3 is 2.52 bits per heavy atom. The molecule has 2 aromatic carbocycles. The quantitative estimate of drug-likeness (QED) is 0.754. The molecular formula is C23H26N2O4. The zero-order valence-corrected chi connectivity index (χ0v) is 16.5. The summed E-state index contributed by atoms with van der Waals surface area (Å²) in [5.41, 5.74) is 1.92. The molecule has 2 aromatic rings. The highest BCUT2D eigenvalue weighted by atomic mass is 16.6. The second-order valence-corrected chi connectivity index (χ2v) is 7.03. The van der Waals surface area contributed by atoms with Gasteiger partial charge in [-0.1, -0.05) is 42.5 Å². The number of benzene rings is 2. The summed E-state index contributed by atoms with van der Waals surface area (Å²) in [4.78, 5) is 17.1. The van der Waals surface area contributed by atoms with E-state index in [2.05, 4.69) is 4.90 Å². The Balaban J connectivity index is 1.52. The van der Waals surface area contributed by atoms with Crippen molar-refractivity contribution in [2.75, 3.05) is 57.5 Å². The van der Waals surface area contributed by atoms with Gasteiger partial charge in [-0.2, -0.15) is 0 Å². The molecule has 0 aromatic heterocycles. The van der Waals surface area contributed by atoms with E-state index in [1.165, 1.54) is 0 Å². The van der Waals surface area contributed by atoms with Crippen molar-refractivity contribution >= 4 is 17.7 Å². The summed E-state index contributed by atoms with van der Waals surface area (Å²) < 4.78 is 16.7. The number of carbonyl (C=O) groups excluding carboxylic acids is 1. The highest BCUT2D eigenvalue weighted by Crippen LogP contribution is 2.34. The molecule has 0 unspecified atom stereocenters. The molecule has 1 saturated heterocycles. The lowest BCUT2D eigenvalue weighted by atomic mass is 10.2. The molecule has 0 spiro atoms. The summed E-state index contributed by atoms with van der Waals surface area (Å²) in [6.45, 7) is 4.82. The Morgan fingerprint density at radius 2 is 1.72 bits per heavy atom. The van der Waals surface area contributed by atoms with Gasteiger partial charge in [0.05, 0.1) is 19.8 Å². The zero-order chi connectivity index (χ0) is 19.9. The molecule has 6 heteroatoms. The molecule has 0 N–H and O–H groups in total. The van der Waals surface area contributed by atoms with E-state index in [1.807, 2.05) is 60.7 Å². The van der Waals surface area contributed by atoms with E-state index in [9.17, 15) is 4.79 Å². The van der Waals surface area contributed by atoms with Gasteiger partial charge >= 0.3 is 0 Å². The Kier molecular flexibility index (Phi) is 6.44. The van der Waals surface area contributed by atoms with Crippen LogP contribution in [0.2, 0.25) is 0 Å². The molecule has 0 atom stereocenters. The molecule has 2 aliphatic rings. The van der Waals surface area contributed by atoms with Gasteiger partial charge in [0.25, 0.3) is 0 Å². The number of anilines is 1. The molecule has 0 saturated carbocycles. The first kappa shape index (κ1) is 19.5. The smallest absolute Gasteiger partial charge is 0.241 e. The van der Waals surface area contributed by atoms with Crippen molar-refractivity contribution in [2.24, 2.45) is 0 Å². The molecule has 2 aliphatic heterocycles. The Hall–Kier alpha value is -2.83. The summed E-state index contributed by atoms with van der Waals surface area (Å²) in [5.74, 6) is 1.46. The number of hydrogen-bond donors (Lipinski definition) is 0. The minimum atomic E-state index is 0.0567. The van der Waals surface area contributed by atoms with Crippen molar-refractivity contribution < 1.29 is 19.0 Å². The molecule has 29 heavy (non-hydrogen) atoms. The van der Waals surface area contributed by atoms with Crippen LogP contribution in [0.15, 0.2) is 54.6 Å². The molecule has 0 aliphatic carbocycles. The van der Waals surface area contributed by atoms with Crippen molar-refractivity contribution in [1.29, 1.82) is 0 Å². The Labute approximate surface area is 171 Å². The van der Waals surface area contributed by atoms with Crippen molar-refractivity contribution in [3.63, 3.8) is 0 Å². The maximum absolute atomic E-state index is 13.2. The lowest BCUT2D eigenvalue weighted by Crippen LogP contribution is -2.45. The van der Waals surface area contributed by atoms with Crippen LogP contribution in [0.25, 0.3) is 6.08 Å². The van der Waals surface area contributed by atoms with Crippen molar-refractivity contribution in [3.8, 4) is 11.5 Å². The predicted molar refractivity (Wildman–Crippen MR) is 113 cm³/mol. The maximum Gasteiger partial charge on any atom is 0.241 e. The Bertz CT molecular complexity index is 847. The first-order valence-corrected chi connectivity index (χ1v) is 10.0. The van der Waals surface area contributed by atoms with Gasteiger partial charge in [0.2, 0.25) is 5.91 Å². The van der Waals surface area contributed by atoms with Crippen LogP contribution in [0.3, 0.4) is 0 Å². The SMILES string of the molecule is O=C(CN1CCOCC1)N(C/C=C/c1ccccc1)c1ccc2c(c1)OCCO2. The molecular weight excluding hydrogens is 368 g/mol. The number of rotatable bonds is 6. The number of amides is 1. The third kappa shape index (κ3) is 5.16. The van der Waals surface area contributed by atoms with E-state index < -0.39 is 0 Å². The first-order valence-electron chi connectivity index (χ1n) is 10.0. The fourth-order valence-corrected chi connectivity index (χ4v) is 3.45. The van der Waals surface area contributed by atoms with Crippen molar-refractivity contribution in [3.05, 3.63) is 60.2 Å². The number of morpholine rings is 1. The Morgan fingerprint density at radius 1 is 0.966 bits per heavy atom. The highest BCUT2D eigenvalue weighted by Gasteiger charge is 2.22. The molecule has 152 valence electrons. The molecule has 0 radical (unpaired) electrons. The van der Waals surface area contributed by atoms with Crippen LogP contribution in [-0.2, 0) is 9.53 Å². The summed E-state index contributed by atoms with van der Waals surface area (Å²) in [7, 11) is 0. The van der Waals surface area contributed by atoms with Crippen LogP contribution in [-0.4, -0.2) is 63.4 Å². The topological polar surface area (TPSA) is 51.2 Å². The molecule has 2 heterocycles. The summed E-state index contributed by atoms with van der Waals surface area (Å²) in [6.07, 6.45) is 4.05. The molecule has 6 nitrogen and oxygen atoms in total. The minimum Gasteiger partial charge on any atom is -0.486 e. The molecule has 4 rings (SSSR count). The van der Waals surface area contributed by atoms with Gasteiger partial charge in [0, 0.05) is 31.4 Å². The van der Waals surface area contributed by atoms with Gasteiger partial charge in [0.1, 0.15) is 13.2 Å². The second-order valence-electron chi connectivity index (χ2n) is 7.03. The summed E-state index contributed by atoms with van der Waals surface area (Å²) in [6, 6.07) is 15.8. The minimum absolute atomic E-state index is 0.0567. The lowest BCUT2D eigenvalue weighted by Gasteiger charge is -2.30. The van der Waals surface area contributed by atoms with Crippen LogP contribution < -0.4 is 14.4 Å². The van der Waals surface area contributed by atoms with Crippen molar-refractivity contribution in [1.82, 2.24) is 4.90 Å². The van der Waals surface area contributed by atoms with Crippen molar-refractivity contribution in [2.45, 2.75) is 0 Å². The van der Waals surface area contributed by atoms with Gasteiger partial charge in [0.15, 0.2) is 11.5 Å². The van der Waals surface area contributed by atoms with E-state index in [1.54, 1.807) is 4.90 Å². The predicted octanol–water partition coefficient (Wildman–Crippen LogP) is 2.84. The molecule has 1 fully saturated rings. The normalized spacial score (nSPS) is 16.7. The second kappa shape index (κ2) is 9.58. The summed E-state index contributed by atoms with van der Waals surface area (Å²) >= 11 is 0. The fraction of sp³-hybridized carbons (Fsp3) is 0.348. The van der Waals surface area contributed by atoms with E-state index in [0.29, 0.717) is 45.3 Å². The third-order valence-electron chi connectivity index (χ3n) is 5.00. The van der Waals surface area contributed by atoms with Gasteiger partial charge in [-0.05, 0) is 17.7 Å². The van der Waals surface area contributed by atoms with Gasteiger partial charge in [-0.3, -0.25) is 9.69 Å². The van der Waals surface area contributed by atoms with E-state index >= 15 is 0 Å². The number of hydrogen-bond acceptors (Lipinski definition) is 5. The summed E-state index contributed by atoms with van der Waals surface area (Å²) in [5, 5.41) is 0. The molecule has 0 bridgehead atoms. The number of carbonyl (C=O) groups is 1. The largest absolute Gasteiger partial charge is 0.486 e. The first-order chi connectivity index (χ1) is 14.3. The standard InChI is InChI=1S/C23H26N2O4/c26-23(18-24-11-13-27-14-12-24)25(10-4-7-19-5-2-1-3-6-19)20-8-9-21-22(17-20)29-16-15-28-21/h1-9,17H,10-16,18H2/b7-4+. The number of ether oxygens (including phenoxy) is 3. The number of fused-ring (bicyclic) bond motifs is 1. The van der Waals surface area contributed by atoms with E-state index in [4.69, 9.17) is 14.2 Å². The highest BCUT2D eigenvalue weighted by molar-refractivity contribution is 5.95.